The van der Waals surface area contributed by atoms with Crippen LogP contribution in [0.1, 0.15) is 34.9 Å². The number of aryl methyl sites for hydroxylation is 1. The lowest BCUT2D eigenvalue weighted by molar-refractivity contribution is -0.384. The Morgan fingerprint density at radius 3 is 2.79 bits per heavy atom. The summed E-state index contributed by atoms with van der Waals surface area (Å²) in [5.41, 5.74) is 4.61. The average Bonchev–Trinajstić information content (AvgIpc) is 3.40. The number of thiazole rings is 1. The molecule has 9 heteroatoms. The third kappa shape index (κ3) is 3.39. The zero-order valence-electron chi connectivity index (χ0n) is 17.6. The van der Waals surface area contributed by atoms with Gasteiger partial charge >= 0.3 is 0 Å². The molecule has 0 bridgehead atoms. The van der Waals surface area contributed by atoms with E-state index in [1.807, 2.05) is 24.3 Å². The lowest BCUT2D eigenvalue weighted by Crippen LogP contribution is -2.38. The van der Waals surface area contributed by atoms with Crippen LogP contribution < -0.4 is 14.9 Å². The maximum atomic E-state index is 13.6. The first-order valence-corrected chi connectivity index (χ1v) is 12.2. The summed E-state index contributed by atoms with van der Waals surface area (Å²) in [6.45, 7) is 0. The summed E-state index contributed by atoms with van der Waals surface area (Å²) >= 11 is 4.58. The number of hydrogen-bond donors (Lipinski definition) is 0. The summed E-state index contributed by atoms with van der Waals surface area (Å²) in [7, 11) is 0. The maximum Gasteiger partial charge on any atom is 0.271 e. The van der Waals surface area contributed by atoms with Crippen molar-refractivity contribution in [3.63, 3.8) is 0 Å². The molecule has 1 atom stereocenters. The number of nitrogens with zero attached hydrogens (tertiary/aromatic N) is 3. The fraction of sp³-hybridized carbons (Fsp3) is 0.120. The van der Waals surface area contributed by atoms with Crippen LogP contribution in [-0.2, 0) is 6.42 Å². The Hall–Kier alpha value is -3.56. The Labute approximate surface area is 205 Å². The summed E-state index contributed by atoms with van der Waals surface area (Å²) in [4.78, 5) is 30.2. The molecule has 0 fully saturated rings. The van der Waals surface area contributed by atoms with Crippen molar-refractivity contribution >= 4 is 44.7 Å². The number of hydrogen-bond acceptors (Lipinski definition) is 6. The van der Waals surface area contributed by atoms with Gasteiger partial charge in [-0.25, -0.2) is 4.99 Å². The molecule has 3 heterocycles. The summed E-state index contributed by atoms with van der Waals surface area (Å²) < 4.78 is 8.31. The molecule has 2 aromatic carbocycles. The Bertz CT molecular complexity index is 1700. The SMILES string of the molecule is O=c1/c(=C\c2ccc(Br)o2)sc2n1C(c1cccc([N+](=O)[O-])c1)C1=C(N=2)c2ccccc2CC1. The van der Waals surface area contributed by atoms with E-state index in [4.69, 9.17) is 9.41 Å². The molecule has 0 spiro atoms. The lowest BCUT2D eigenvalue weighted by Gasteiger charge is -2.30. The summed E-state index contributed by atoms with van der Waals surface area (Å²) in [5, 5.41) is 11.5. The molecule has 4 aromatic rings. The predicted molar refractivity (Wildman–Crippen MR) is 132 cm³/mol. The standard InChI is InChI=1S/C25H16BrN3O4S/c26-21-11-9-17(33-21)13-20-24(30)28-23(15-5-3-6-16(12-15)29(31)32)19-10-8-14-4-1-2-7-18(14)22(19)27-25(28)34-20/h1-7,9,11-13,23H,8,10H2/b20-13+. The van der Waals surface area contributed by atoms with E-state index in [0.29, 0.717) is 25.3 Å². The fourth-order valence-corrected chi connectivity index (χ4v) is 5.97. The van der Waals surface area contributed by atoms with Gasteiger partial charge in [0.1, 0.15) is 5.76 Å². The number of allylic oxidation sites excluding steroid dienone is 1. The Morgan fingerprint density at radius 2 is 2.00 bits per heavy atom. The van der Waals surface area contributed by atoms with Crippen molar-refractivity contribution < 1.29 is 9.34 Å². The normalized spacial score (nSPS) is 17.1. The highest BCUT2D eigenvalue weighted by Crippen LogP contribution is 2.41. The van der Waals surface area contributed by atoms with Crippen LogP contribution in [0.5, 0.6) is 0 Å². The Morgan fingerprint density at radius 1 is 1.15 bits per heavy atom. The van der Waals surface area contributed by atoms with Crippen LogP contribution in [0.25, 0.3) is 11.8 Å². The van der Waals surface area contributed by atoms with Crippen molar-refractivity contribution in [2.75, 3.05) is 0 Å². The number of furan rings is 1. The number of halogens is 1. The Balaban J connectivity index is 1.64. The van der Waals surface area contributed by atoms with Crippen molar-refractivity contribution in [2.24, 2.45) is 4.99 Å². The van der Waals surface area contributed by atoms with Crippen LogP contribution in [0.3, 0.4) is 0 Å². The Kier molecular flexibility index (Phi) is 4.96. The first-order valence-electron chi connectivity index (χ1n) is 10.6. The number of benzene rings is 2. The van der Waals surface area contributed by atoms with Gasteiger partial charge in [-0.05, 0) is 57.6 Å². The lowest BCUT2D eigenvalue weighted by atomic mass is 9.83. The molecule has 34 heavy (non-hydrogen) atoms. The summed E-state index contributed by atoms with van der Waals surface area (Å²) in [6, 6.07) is 17.8. The van der Waals surface area contributed by atoms with Crippen LogP contribution >= 0.6 is 27.3 Å². The molecule has 0 saturated heterocycles. The van der Waals surface area contributed by atoms with Gasteiger partial charge in [0.25, 0.3) is 11.2 Å². The van der Waals surface area contributed by atoms with E-state index in [1.165, 1.54) is 23.0 Å². The average molecular weight is 534 g/mol. The topological polar surface area (TPSA) is 90.6 Å². The van der Waals surface area contributed by atoms with Crippen molar-refractivity contribution in [3.8, 4) is 0 Å². The van der Waals surface area contributed by atoms with Crippen LogP contribution in [0.2, 0.25) is 0 Å². The second-order valence-electron chi connectivity index (χ2n) is 8.11. The molecule has 2 aliphatic rings. The predicted octanol–water partition coefficient (Wildman–Crippen LogP) is 4.58. The molecule has 0 saturated carbocycles. The van der Waals surface area contributed by atoms with Gasteiger partial charge in [-0.1, -0.05) is 47.7 Å². The van der Waals surface area contributed by atoms with Crippen LogP contribution in [0.4, 0.5) is 5.69 Å². The van der Waals surface area contributed by atoms with Gasteiger partial charge in [0, 0.05) is 23.8 Å². The van der Waals surface area contributed by atoms with Crippen LogP contribution in [0, 0.1) is 10.1 Å². The molecule has 7 nitrogen and oxygen atoms in total. The minimum Gasteiger partial charge on any atom is -0.450 e. The highest BCUT2D eigenvalue weighted by Gasteiger charge is 2.33. The molecule has 6 rings (SSSR count). The van der Waals surface area contributed by atoms with E-state index in [9.17, 15) is 14.9 Å². The van der Waals surface area contributed by atoms with Gasteiger partial charge < -0.3 is 4.42 Å². The number of non-ortho nitro benzene ring substituents is 1. The molecule has 0 radical (unpaired) electrons. The second kappa shape index (κ2) is 8.03. The van der Waals surface area contributed by atoms with E-state index >= 15 is 0 Å². The quantitative estimate of drug-likeness (QED) is 0.284. The molecule has 0 N–H and O–H groups in total. The van der Waals surface area contributed by atoms with E-state index in [-0.39, 0.29) is 11.2 Å². The number of nitro benzene ring substituents is 1. The van der Waals surface area contributed by atoms with Crippen LogP contribution in [0.15, 0.2) is 85.1 Å². The first kappa shape index (κ1) is 21.0. The minimum atomic E-state index is -0.468. The van der Waals surface area contributed by atoms with Gasteiger partial charge in [-0.3, -0.25) is 19.5 Å². The largest absolute Gasteiger partial charge is 0.450 e. The molecule has 168 valence electrons. The monoisotopic (exact) mass is 533 g/mol. The number of nitro groups is 1. The maximum absolute atomic E-state index is 13.6. The highest BCUT2D eigenvalue weighted by molar-refractivity contribution is 9.10. The molecule has 1 aliphatic carbocycles. The summed E-state index contributed by atoms with van der Waals surface area (Å²) in [5.74, 6) is 0.554. The fourth-order valence-electron chi connectivity index (χ4n) is 4.67. The van der Waals surface area contributed by atoms with Crippen LogP contribution in [-0.4, -0.2) is 9.49 Å². The van der Waals surface area contributed by atoms with Gasteiger partial charge in [0.15, 0.2) is 9.47 Å². The molecule has 1 aliphatic heterocycles. The van der Waals surface area contributed by atoms with E-state index in [2.05, 4.69) is 22.0 Å². The summed E-state index contributed by atoms with van der Waals surface area (Å²) in [6.07, 6.45) is 3.24. The van der Waals surface area contributed by atoms with Gasteiger partial charge in [-0.2, -0.15) is 0 Å². The minimum absolute atomic E-state index is 0.00424. The highest BCUT2D eigenvalue weighted by atomic mass is 79.9. The van der Waals surface area contributed by atoms with Crippen molar-refractivity contribution in [2.45, 2.75) is 18.9 Å². The van der Waals surface area contributed by atoms with E-state index < -0.39 is 11.0 Å². The molecule has 1 unspecified atom stereocenters. The first-order chi connectivity index (χ1) is 16.5. The molecule has 0 amide bonds. The third-order valence-electron chi connectivity index (χ3n) is 6.14. The van der Waals surface area contributed by atoms with Gasteiger partial charge in [-0.15, -0.1) is 0 Å². The molecular formula is C25H16BrN3O4S. The zero-order valence-corrected chi connectivity index (χ0v) is 20.0. The smallest absolute Gasteiger partial charge is 0.271 e. The molecule has 2 aromatic heterocycles. The zero-order chi connectivity index (χ0) is 23.4. The number of rotatable bonds is 3. The van der Waals surface area contributed by atoms with E-state index in [0.717, 1.165) is 29.7 Å². The van der Waals surface area contributed by atoms with E-state index in [1.54, 1.807) is 34.9 Å². The van der Waals surface area contributed by atoms with Crippen molar-refractivity contribution in [3.05, 3.63) is 123 Å². The van der Waals surface area contributed by atoms with Gasteiger partial charge in [0.05, 0.1) is 21.2 Å². The van der Waals surface area contributed by atoms with Crippen molar-refractivity contribution in [1.82, 2.24) is 4.57 Å². The van der Waals surface area contributed by atoms with Crippen molar-refractivity contribution in [1.29, 1.82) is 0 Å². The number of aromatic nitrogens is 1. The second-order valence-corrected chi connectivity index (χ2v) is 9.90. The van der Waals surface area contributed by atoms with Gasteiger partial charge in [0.2, 0.25) is 0 Å². The molecular weight excluding hydrogens is 518 g/mol. The third-order valence-corrected chi connectivity index (χ3v) is 7.55. The number of fused-ring (bicyclic) bond motifs is 3.